The van der Waals surface area contributed by atoms with Crippen LogP contribution in [0, 0.1) is 0 Å². The lowest BCUT2D eigenvalue weighted by Crippen LogP contribution is -2.21. The fourth-order valence-corrected chi connectivity index (χ4v) is 2.32. The van der Waals surface area contributed by atoms with Gasteiger partial charge >= 0.3 is 0 Å². The molecule has 0 bridgehead atoms. The molecule has 0 spiro atoms. The lowest BCUT2D eigenvalue weighted by molar-refractivity contribution is 0.317. The SMILES string of the molecule is CCCOc1ccc(CCC2CCCN2)cc1. The van der Waals surface area contributed by atoms with Crippen molar-refractivity contribution in [1.29, 1.82) is 0 Å². The van der Waals surface area contributed by atoms with Crippen molar-refractivity contribution in [2.75, 3.05) is 13.2 Å². The third-order valence-corrected chi connectivity index (χ3v) is 3.34. The maximum Gasteiger partial charge on any atom is 0.119 e. The first-order valence-electron chi connectivity index (χ1n) is 6.83. The number of ether oxygens (including phenoxy) is 1. The van der Waals surface area contributed by atoms with E-state index in [1.165, 1.54) is 37.8 Å². The van der Waals surface area contributed by atoms with Gasteiger partial charge in [-0.1, -0.05) is 19.1 Å². The lowest BCUT2D eigenvalue weighted by atomic mass is 10.0. The molecule has 1 aliphatic heterocycles. The van der Waals surface area contributed by atoms with E-state index >= 15 is 0 Å². The van der Waals surface area contributed by atoms with Gasteiger partial charge in [0.1, 0.15) is 5.75 Å². The molecule has 1 fully saturated rings. The zero-order valence-electron chi connectivity index (χ0n) is 10.7. The van der Waals surface area contributed by atoms with Gasteiger partial charge in [-0.2, -0.15) is 0 Å². The van der Waals surface area contributed by atoms with Crippen LogP contribution < -0.4 is 10.1 Å². The second kappa shape index (κ2) is 6.65. The van der Waals surface area contributed by atoms with Crippen molar-refractivity contribution in [1.82, 2.24) is 5.32 Å². The number of benzene rings is 1. The Balaban J connectivity index is 1.76. The second-order valence-electron chi connectivity index (χ2n) is 4.82. The molecule has 1 heterocycles. The molecule has 0 saturated carbocycles. The van der Waals surface area contributed by atoms with Crippen molar-refractivity contribution in [3.63, 3.8) is 0 Å². The lowest BCUT2D eigenvalue weighted by Gasteiger charge is -2.10. The summed E-state index contributed by atoms with van der Waals surface area (Å²) in [5.74, 6) is 0.995. The molecule has 94 valence electrons. The van der Waals surface area contributed by atoms with Crippen LogP contribution >= 0.6 is 0 Å². The summed E-state index contributed by atoms with van der Waals surface area (Å²) in [6.07, 6.45) is 6.18. The minimum atomic E-state index is 0.742. The van der Waals surface area contributed by atoms with Gasteiger partial charge in [-0.15, -0.1) is 0 Å². The van der Waals surface area contributed by atoms with E-state index in [2.05, 4.69) is 36.5 Å². The molecule has 17 heavy (non-hydrogen) atoms. The normalized spacial score (nSPS) is 19.5. The molecule has 1 N–H and O–H groups in total. The van der Waals surface area contributed by atoms with E-state index in [4.69, 9.17) is 4.74 Å². The molecule has 2 rings (SSSR count). The predicted octanol–water partition coefficient (Wildman–Crippen LogP) is 3.16. The van der Waals surface area contributed by atoms with Gasteiger partial charge in [-0.3, -0.25) is 0 Å². The molecule has 1 saturated heterocycles. The number of hydrogen-bond acceptors (Lipinski definition) is 2. The Morgan fingerprint density at radius 3 is 2.76 bits per heavy atom. The molecule has 2 heteroatoms. The summed E-state index contributed by atoms with van der Waals surface area (Å²) in [7, 11) is 0. The summed E-state index contributed by atoms with van der Waals surface area (Å²) in [5, 5.41) is 3.54. The van der Waals surface area contributed by atoms with Crippen molar-refractivity contribution < 1.29 is 4.74 Å². The summed E-state index contributed by atoms with van der Waals surface area (Å²) < 4.78 is 5.58. The first kappa shape index (κ1) is 12.4. The minimum Gasteiger partial charge on any atom is -0.494 e. The Hall–Kier alpha value is -1.02. The van der Waals surface area contributed by atoms with Gasteiger partial charge in [0.05, 0.1) is 6.61 Å². The van der Waals surface area contributed by atoms with E-state index in [1.54, 1.807) is 0 Å². The monoisotopic (exact) mass is 233 g/mol. The van der Waals surface area contributed by atoms with Crippen LogP contribution in [0.25, 0.3) is 0 Å². The summed E-state index contributed by atoms with van der Waals surface area (Å²) >= 11 is 0. The van der Waals surface area contributed by atoms with Crippen molar-refractivity contribution in [3.8, 4) is 5.75 Å². The summed E-state index contributed by atoms with van der Waals surface area (Å²) in [6, 6.07) is 9.31. The molecule has 1 aromatic carbocycles. The largest absolute Gasteiger partial charge is 0.494 e. The van der Waals surface area contributed by atoms with Gasteiger partial charge in [-0.05, 0) is 56.3 Å². The van der Waals surface area contributed by atoms with Gasteiger partial charge in [0.2, 0.25) is 0 Å². The van der Waals surface area contributed by atoms with Crippen LogP contribution in [0.4, 0.5) is 0 Å². The number of rotatable bonds is 6. The summed E-state index contributed by atoms with van der Waals surface area (Å²) in [6.45, 7) is 4.14. The van der Waals surface area contributed by atoms with Crippen LogP contribution in [-0.2, 0) is 6.42 Å². The molecule has 1 aliphatic rings. The van der Waals surface area contributed by atoms with Gasteiger partial charge in [-0.25, -0.2) is 0 Å². The van der Waals surface area contributed by atoms with E-state index in [-0.39, 0.29) is 0 Å². The van der Waals surface area contributed by atoms with Crippen molar-refractivity contribution in [2.45, 2.75) is 45.1 Å². The van der Waals surface area contributed by atoms with Gasteiger partial charge in [0, 0.05) is 6.04 Å². The highest BCUT2D eigenvalue weighted by Gasteiger charge is 2.13. The molecule has 2 nitrogen and oxygen atoms in total. The number of aryl methyl sites for hydroxylation is 1. The van der Waals surface area contributed by atoms with Crippen molar-refractivity contribution >= 4 is 0 Å². The third-order valence-electron chi connectivity index (χ3n) is 3.34. The number of hydrogen-bond donors (Lipinski definition) is 1. The van der Waals surface area contributed by atoms with Crippen LogP contribution in [-0.4, -0.2) is 19.2 Å². The van der Waals surface area contributed by atoms with Gasteiger partial charge in [0.25, 0.3) is 0 Å². The highest BCUT2D eigenvalue weighted by molar-refractivity contribution is 5.27. The highest BCUT2D eigenvalue weighted by Crippen LogP contribution is 2.16. The topological polar surface area (TPSA) is 21.3 Å². The minimum absolute atomic E-state index is 0.742. The number of nitrogens with one attached hydrogen (secondary N) is 1. The van der Waals surface area contributed by atoms with E-state index in [0.29, 0.717) is 0 Å². The Bertz CT molecular complexity index is 314. The Morgan fingerprint density at radius 2 is 2.12 bits per heavy atom. The molecule has 1 atom stereocenters. The third kappa shape index (κ3) is 4.04. The van der Waals surface area contributed by atoms with Gasteiger partial charge < -0.3 is 10.1 Å². The fourth-order valence-electron chi connectivity index (χ4n) is 2.32. The van der Waals surface area contributed by atoms with E-state index < -0.39 is 0 Å². The maximum absolute atomic E-state index is 5.58. The summed E-state index contributed by atoms with van der Waals surface area (Å²) in [4.78, 5) is 0. The first-order valence-corrected chi connectivity index (χ1v) is 6.83. The molecule has 0 aromatic heterocycles. The average Bonchev–Trinajstić information content (AvgIpc) is 2.88. The predicted molar refractivity (Wildman–Crippen MR) is 71.6 cm³/mol. The standard InChI is InChI=1S/C15H23NO/c1-2-12-17-15-9-6-13(7-10-15)5-8-14-4-3-11-16-14/h6-7,9-10,14,16H,2-5,8,11-12H2,1H3. The zero-order chi connectivity index (χ0) is 11.9. The van der Waals surface area contributed by atoms with Crippen LogP contribution in [0.2, 0.25) is 0 Å². The van der Waals surface area contributed by atoms with Crippen molar-refractivity contribution in [2.24, 2.45) is 0 Å². The van der Waals surface area contributed by atoms with Crippen LogP contribution in [0.5, 0.6) is 5.75 Å². The molecule has 1 unspecified atom stereocenters. The maximum atomic E-state index is 5.58. The van der Waals surface area contributed by atoms with Crippen molar-refractivity contribution in [3.05, 3.63) is 29.8 Å². The van der Waals surface area contributed by atoms with E-state index in [0.717, 1.165) is 24.8 Å². The second-order valence-corrected chi connectivity index (χ2v) is 4.82. The Morgan fingerprint density at radius 1 is 1.29 bits per heavy atom. The van der Waals surface area contributed by atoms with E-state index in [1.807, 2.05) is 0 Å². The van der Waals surface area contributed by atoms with Gasteiger partial charge in [0.15, 0.2) is 0 Å². The average molecular weight is 233 g/mol. The molecule has 0 amide bonds. The van der Waals surface area contributed by atoms with Crippen LogP contribution in [0.1, 0.15) is 38.2 Å². The fraction of sp³-hybridized carbons (Fsp3) is 0.600. The van der Waals surface area contributed by atoms with E-state index in [9.17, 15) is 0 Å². The highest BCUT2D eigenvalue weighted by atomic mass is 16.5. The molecular weight excluding hydrogens is 210 g/mol. The smallest absolute Gasteiger partial charge is 0.119 e. The molecule has 0 aliphatic carbocycles. The Kier molecular flexibility index (Phi) is 4.87. The molecule has 0 radical (unpaired) electrons. The van der Waals surface area contributed by atoms with Crippen LogP contribution in [0.15, 0.2) is 24.3 Å². The van der Waals surface area contributed by atoms with Crippen LogP contribution in [0.3, 0.4) is 0 Å². The molecular formula is C15H23NO. The quantitative estimate of drug-likeness (QED) is 0.815. The first-order chi connectivity index (χ1) is 8.38. The zero-order valence-corrected chi connectivity index (χ0v) is 10.7. The Labute approximate surface area is 104 Å². The summed E-state index contributed by atoms with van der Waals surface area (Å²) in [5.41, 5.74) is 1.42. The molecule has 1 aromatic rings.